The highest BCUT2D eigenvalue weighted by atomic mass is 127. The van der Waals surface area contributed by atoms with E-state index < -0.39 is 17.6 Å². The van der Waals surface area contributed by atoms with Crippen molar-refractivity contribution in [3.8, 4) is 0 Å². The molecule has 234 valence electrons. The van der Waals surface area contributed by atoms with E-state index in [1.54, 1.807) is 0 Å². The molecular formula is C30H49IN2O7S. The molecule has 0 unspecified atom stereocenters. The summed E-state index contributed by atoms with van der Waals surface area (Å²) in [4.78, 5) is 26.1. The molecule has 1 atom stereocenters. The van der Waals surface area contributed by atoms with Crippen LogP contribution >= 0.6 is 34.8 Å². The first-order valence-electron chi connectivity index (χ1n) is 14.4. The molecular weight excluding hydrogens is 659 g/mol. The Labute approximate surface area is 265 Å². The fourth-order valence-corrected chi connectivity index (χ4v) is 4.12. The Kier molecular flexibility index (Phi) is 21.2. The van der Waals surface area contributed by atoms with Gasteiger partial charge in [-0.1, -0.05) is 24.4 Å². The van der Waals surface area contributed by atoms with Crippen molar-refractivity contribution in [2.24, 2.45) is 0 Å². The minimum atomic E-state index is -0.708. The van der Waals surface area contributed by atoms with Crippen molar-refractivity contribution in [3.05, 3.63) is 33.4 Å². The van der Waals surface area contributed by atoms with Crippen LogP contribution in [0.1, 0.15) is 65.4 Å². The number of unbranched alkanes of at least 4 members (excludes halogenated alkanes) is 1. The molecule has 1 rings (SSSR count). The molecule has 1 amide bonds. The SMILES string of the molecule is CCOCCOCCOCCOCCC(=O)N[C@@H](CCCCNC(=S)CCc1ccc(I)cc1)C(=O)OC(C)(C)C. The van der Waals surface area contributed by atoms with Crippen LogP contribution in [-0.4, -0.2) is 87.9 Å². The van der Waals surface area contributed by atoms with Crippen molar-refractivity contribution in [1.29, 1.82) is 0 Å². The van der Waals surface area contributed by atoms with E-state index in [0.717, 1.165) is 37.2 Å². The highest BCUT2D eigenvalue weighted by Crippen LogP contribution is 2.12. The van der Waals surface area contributed by atoms with E-state index in [9.17, 15) is 9.59 Å². The summed E-state index contributed by atoms with van der Waals surface area (Å²) >= 11 is 7.76. The third-order valence-corrected chi connectivity index (χ3v) is 6.68. The molecule has 1 aromatic rings. The number of hydrogen-bond donors (Lipinski definition) is 2. The number of ether oxygens (including phenoxy) is 5. The molecule has 1 aromatic carbocycles. The number of thiocarbonyl (C=S) groups is 1. The highest BCUT2D eigenvalue weighted by molar-refractivity contribution is 14.1. The van der Waals surface area contributed by atoms with E-state index in [-0.39, 0.29) is 18.9 Å². The van der Waals surface area contributed by atoms with Gasteiger partial charge >= 0.3 is 5.97 Å². The van der Waals surface area contributed by atoms with Gasteiger partial charge in [0.1, 0.15) is 11.6 Å². The largest absolute Gasteiger partial charge is 0.458 e. The van der Waals surface area contributed by atoms with E-state index in [0.29, 0.717) is 52.7 Å². The van der Waals surface area contributed by atoms with Gasteiger partial charge in [-0.05, 0) is 93.7 Å². The van der Waals surface area contributed by atoms with Crippen LogP contribution < -0.4 is 10.6 Å². The molecule has 0 saturated heterocycles. The van der Waals surface area contributed by atoms with Crippen LogP contribution in [0.2, 0.25) is 0 Å². The van der Waals surface area contributed by atoms with Crippen LogP contribution in [0.3, 0.4) is 0 Å². The Morgan fingerprint density at radius 3 is 2.05 bits per heavy atom. The first-order valence-corrected chi connectivity index (χ1v) is 15.9. The smallest absolute Gasteiger partial charge is 0.329 e. The number of esters is 1. The van der Waals surface area contributed by atoms with Gasteiger partial charge in [-0.25, -0.2) is 4.79 Å². The van der Waals surface area contributed by atoms with Crippen molar-refractivity contribution in [3.63, 3.8) is 0 Å². The Morgan fingerprint density at radius 2 is 1.46 bits per heavy atom. The average Bonchev–Trinajstić information content (AvgIpc) is 2.91. The zero-order valence-electron chi connectivity index (χ0n) is 25.1. The number of carbonyl (C=O) groups is 2. The molecule has 0 heterocycles. The second kappa shape index (κ2) is 23.1. The number of benzene rings is 1. The predicted octanol–water partition coefficient (Wildman–Crippen LogP) is 4.61. The van der Waals surface area contributed by atoms with Crippen LogP contribution in [0, 0.1) is 3.57 Å². The zero-order valence-corrected chi connectivity index (χ0v) is 28.1. The molecule has 0 spiro atoms. The highest BCUT2D eigenvalue weighted by Gasteiger charge is 2.26. The monoisotopic (exact) mass is 708 g/mol. The molecule has 2 N–H and O–H groups in total. The van der Waals surface area contributed by atoms with Crippen LogP contribution in [0.15, 0.2) is 24.3 Å². The Bertz CT molecular complexity index is 865. The van der Waals surface area contributed by atoms with Crippen molar-refractivity contribution < 1.29 is 33.3 Å². The molecule has 41 heavy (non-hydrogen) atoms. The van der Waals surface area contributed by atoms with Gasteiger partial charge in [0.15, 0.2) is 0 Å². The number of amides is 1. The second-order valence-electron chi connectivity index (χ2n) is 10.4. The van der Waals surface area contributed by atoms with E-state index in [2.05, 4.69) is 57.5 Å². The normalized spacial score (nSPS) is 12.1. The maximum absolute atomic E-state index is 12.7. The fourth-order valence-electron chi connectivity index (χ4n) is 3.56. The number of hydrogen-bond acceptors (Lipinski definition) is 8. The third-order valence-electron chi connectivity index (χ3n) is 5.62. The lowest BCUT2D eigenvalue weighted by atomic mass is 10.1. The van der Waals surface area contributed by atoms with Gasteiger partial charge in [0, 0.05) is 29.6 Å². The average molecular weight is 709 g/mol. The van der Waals surface area contributed by atoms with E-state index in [1.165, 1.54) is 9.13 Å². The Morgan fingerprint density at radius 1 is 0.878 bits per heavy atom. The van der Waals surface area contributed by atoms with E-state index in [4.69, 9.17) is 35.9 Å². The maximum Gasteiger partial charge on any atom is 0.329 e. The van der Waals surface area contributed by atoms with Crippen molar-refractivity contribution in [2.45, 2.75) is 77.9 Å². The molecule has 0 aliphatic carbocycles. The summed E-state index contributed by atoms with van der Waals surface area (Å²) in [5.41, 5.74) is 0.626. The van der Waals surface area contributed by atoms with Gasteiger partial charge in [0.05, 0.1) is 51.2 Å². The molecule has 0 saturated carbocycles. The molecule has 11 heteroatoms. The molecule has 0 aromatic heterocycles. The van der Waals surface area contributed by atoms with Crippen LogP contribution in [-0.2, 0) is 39.7 Å². The summed E-state index contributed by atoms with van der Waals surface area (Å²) in [6.45, 7) is 11.9. The second-order valence-corrected chi connectivity index (χ2v) is 12.1. The molecule has 0 radical (unpaired) electrons. The van der Waals surface area contributed by atoms with Gasteiger partial charge < -0.3 is 34.3 Å². The predicted molar refractivity (Wildman–Crippen MR) is 173 cm³/mol. The lowest BCUT2D eigenvalue weighted by molar-refractivity contribution is -0.159. The summed E-state index contributed by atoms with van der Waals surface area (Å²) in [7, 11) is 0. The molecule has 0 bridgehead atoms. The topological polar surface area (TPSA) is 104 Å². The standard InChI is InChI=1S/C30H49IN2O7S/c1-5-36-18-19-38-22-23-39-21-20-37-17-15-27(34)33-26(29(35)40-30(2,3)4)8-6-7-16-32-28(41)14-11-24-9-12-25(31)13-10-24/h9-10,12-13,26H,5-8,11,14-23H2,1-4H3,(H,32,41)(H,33,34)/t26-/m0/s1. The van der Waals surface area contributed by atoms with Crippen molar-refractivity contribution in [1.82, 2.24) is 10.6 Å². The number of halogens is 1. The van der Waals surface area contributed by atoms with Gasteiger partial charge in [-0.15, -0.1) is 0 Å². The zero-order chi connectivity index (χ0) is 30.3. The van der Waals surface area contributed by atoms with Gasteiger partial charge in [0.25, 0.3) is 0 Å². The minimum absolute atomic E-state index is 0.149. The van der Waals surface area contributed by atoms with Gasteiger partial charge in [-0.3, -0.25) is 4.79 Å². The number of carbonyl (C=O) groups excluding carboxylic acids is 2. The van der Waals surface area contributed by atoms with E-state index >= 15 is 0 Å². The first-order chi connectivity index (χ1) is 19.6. The van der Waals surface area contributed by atoms with Gasteiger partial charge in [0.2, 0.25) is 5.91 Å². The summed E-state index contributed by atoms with van der Waals surface area (Å²) in [5, 5.41) is 6.12. The maximum atomic E-state index is 12.7. The number of nitrogens with one attached hydrogen (secondary N) is 2. The third kappa shape index (κ3) is 21.9. The lowest BCUT2D eigenvalue weighted by Crippen LogP contribution is -2.44. The molecule has 0 aliphatic heterocycles. The first kappa shape index (κ1) is 37.6. The number of rotatable bonds is 23. The number of aryl methyl sites for hydroxylation is 1. The van der Waals surface area contributed by atoms with Gasteiger partial charge in [-0.2, -0.15) is 0 Å². The summed E-state index contributed by atoms with van der Waals surface area (Å²) in [6, 6.07) is 7.74. The summed E-state index contributed by atoms with van der Waals surface area (Å²) in [5.74, 6) is -0.677. The quantitative estimate of drug-likeness (QED) is 0.0731. The Balaban J connectivity index is 2.25. The lowest BCUT2D eigenvalue weighted by Gasteiger charge is -2.24. The van der Waals surface area contributed by atoms with Crippen LogP contribution in [0.4, 0.5) is 0 Å². The molecule has 0 fully saturated rings. The fraction of sp³-hybridized carbons (Fsp3) is 0.700. The van der Waals surface area contributed by atoms with Crippen LogP contribution in [0.25, 0.3) is 0 Å². The Hall–Kier alpha value is -1.38. The van der Waals surface area contributed by atoms with Crippen molar-refractivity contribution in [2.75, 3.05) is 59.4 Å². The summed E-state index contributed by atoms with van der Waals surface area (Å²) in [6.07, 6.45) is 3.88. The molecule has 0 aliphatic rings. The van der Waals surface area contributed by atoms with Crippen molar-refractivity contribution >= 4 is 51.7 Å². The van der Waals surface area contributed by atoms with E-state index in [1.807, 2.05) is 27.7 Å². The molecule has 9 nitrogen and oxygen atoms in total. The summed E-state index contributed by atoms with van der Waals surface area (Å²) < 4.78 is 28.2. The van der Waals surface area contributed by atoms with Crippen LogP contribution in [0.5, 0.6) is 0 Å². The minimum Gasteiger partial charge on any atom is -0.458 e.